The molecule has 0 aromatic carbocycles. The minimum absolute atomic E-state index is 0.382. The van der Waals surface area contributed by atoms with Crippen LogP contribution in [0, 0.1) is 11.8 Å². The number of hydrogen-bond acceptors (Lipinski definition) is 2. The first kappa shape index (κ1) is 7.99. The molecule has 1 aromatic heterocycles. The molecule has 1 aliphatic rings. The molecule has 2 heteroatoms. The van der Waals surface area contributed by atoms with Crippen LogP contribution >= 0.6 is 11.3 Å². The topological polar surface area (TPSA) is 17.1 Å². The molecular formula is C10H12OS. The number of hydrogen-bond donors (Lipinski definition) is 0. The fourth-order valence-electron chi connectivity index (χ4n) is 1.49. The van der Waals surface area contributed by atoms with Gasteiger partial charge in [-0.25, -0.2) is 0 Å². The molecule has 1 nitrogen and oxygen atoms in total. The van der Waals surface area contributed by atoms with Crippen LogP contribution in [0.3, 0.4) is 0 Å². The molecule has 0 spiro atoms. The van der Waals surface area contributed by atoms with Gasteiger partial charge in [0.1, 0.15) is 5.78 Å². The third-order valence-corrected chi connectivity index (χ3v) is 3.33. The molecular weight excluding hydrogens is 168 g/mol. The van der Waals surface area contributed by atoms with E-state index >= 15 is 0 Å². The largest absolute Gasteiger partial charge is 0.299 e. The summed E-state index contributed by atoms with van der Waals surface area (Å²) in [5.41, 5.74) is 0. The van der Waals surface area contributed by atoms with Crippen LogP contribution in [-0.2, 0) is 11.2 Å². The minimum Gasteiger partial charge on any atom is -0.299 e. The highest BCUT2D eigenvalue weighted by Crippen LogP contribution is 2.39. The first-order valence-electron chi connectivity index (χ1n) is 4.32. The zero-order chi connectivity index (χ0) is 8.55. The van der Waals surface area contributed by atoms with Crippen molar-refractivity contribution < 1.29 is 4.79 Å². The van der Waals surface area contributed by atoms with Gasteiger partial charge < -0.3 is 0 Å². The van der Waals surface area contributed by atoms with Gasteiger partial charge in [0.25, 0.3) is 0 Å². The van der Waals surface area contributed by atoms with Gasteiger partial charge in [-0.05, 0) is 23.8 Å². The lowest BCUT2D eigenvalue weighted by molar-refractivity contribution is -0.119. The lowest BCUT2D eigenvalue weighted by atomic mass is 10.1. The number of carbonyl (C=O) groups is 1. The third kappa shape index (κ3) is 1.58. The van der Waals surface area contributed by atoms with Gasteiger partial charge >= 0.3 is 0 Å². The number of rotatable bonds is 3. The highest BCUT2D eigenvalue weighted by molar-refractivity contribution is 7.10. The van der Waals surface area contributed by atoms with Crippen LogP contribution in [0.1, 0.15) is 18.2 Å². The van der Waals surface area contributed by atoms with E-state index in [0.717, 1.165) is 6.42 Å². The number of ketones is 1. The average molecular weight is 180 g/mol. The molecule has 0 N–H and O–H groups in total. The van der Waals surface area contributed by atoms with E-state index in [1.54, 1.807) is 11.3 Å². The van der Waals surface area contributed by atoms with Gasteiger partial charge in [-0.2, -0.15) is 0 Å². The number of Topliss-reactive ketones (excluding diaryl/α,β-unsaturated/α-hetero) is 1. The molecule has 2 atom stereocenters. The predicted octanol–water partition coefficient (Wildman–Crippen LogP) is 2.52. The summed E-state index contributed by atoms with van der Waals surface area (Å²) >= 11 is 1.68. The monoisotopic (exact) mass is 180 g/mol. The van der Waals surface area contributed by atoms with E-state index in [-0.39, 0.29) is 0 Å². The Morgan fingerprint density at radius 3 is 3.00 bits per heavy atom. The highest BCUT2D eigenvalue weighted by Gasteiger charge is 2.38. The second-order valence-corrected chi connectivity index (χ2v) is 4.57. The van der Waals surface area contributed by atoms with E-state index in [4.69, 9.17) is 0 Å². The van der Waals surface area contributed by atoms with Gasteiger partial charge in [-0.1, -0.05) is 13.0 Å². The maximum atomic E-state index is 11.5. The zero-order valence-electron chi connectivity index (χ0n) is 7.12. The Morgan fingerprint density at radius 1 is 1.75 bits per heavy atom. The van der Waals surface area contributed by atoms with Gasteiger partial charge in [0.2, 0.25) is 0 Å². The molecule has 0 saturated heterocycles. The van der Waals surface area contributed by atoms with Crippen molar-refractivity contribution in [2.24, 2.45) is 11.8 Å². The van der Waals surface area contributed by atoms with Crippen molar-refractivity contribution in [1.82, 2.24) is 0 Å². The van der Waals surface area contributed by atoms with Gasteiger partial charge in [-0.3, -0.25) is 4.79 Å². The van der Waals surface area contributed by atoms with Crippen LogP contribution in [0.4, 0.5) is 0 Å². The molecule has 64 valence electrons. The minimum atomic E-state index is 0.382. The second-order valence-electron chi connectivity index (χ2n) is 3.54. The Balaban J connectivity index is 1.92. The van der Waals surface area contributed by atoms with Gasteiger partial charge in [0.15, 0.2) is 0 Å². The Morgan fingerprint density at radius 2 is 2.50 bits per heavy atom. The summed E-state index contributed by atoms with van der Waals surface area (Å²) in [6, 6.07) is 4.04. The molecule has 1 fully saturated rings. The lowest BCUT2D eigenvalue weighted by Crippen LogP contribution is -2.04. The molecule has 1 heterocycles. The van der Waals surface area contributed by atoms with Crippen molar-refractivity contribution in [3.8, 4) is 0 Å². The number of carbonyl (C=O) groups excluding carboxylic acids is 1. The highest BCUT2D eigenvalue weighted by atomic mass is 32.1. The molecule has 12 heavy (non-hydrogen) atoms. The van der Waals surface area contributed by atoms with E-state index < -0.39 is 0 Å². The van der Waals surface area contributed by atoms with Crippen LogP contribution in [-0.4, -0.2) is 5.78 Å². The summed E-state index contributed by atoms with van der Waals surface area (Å²) in [5, 5.41) is 2.03. The van der Waals surface area contributed by atoms with E-state index in [1.165, 1.54) is 4.88 Å². The van der Waals surface area contributed by atoms with Crippen molar-refractivity contribution in [2.75, 3.05) is 0 Å². The van der Waals surface area contributed by atoms with Crippen LogP contribution < -0.4 is 0 Å². The van der Waals surface area contributed by atoms with E-state index in [1.807, 2.05) is 17.5 Å². The fourth-order valence-corrected chi connectivity index (χ4v) is 2.20. The fraction of sp³-hybridized carbons (Fsp3) is 0.500. The molecule has 0 radical (unpaired) electrons. The molecule has 0 amide bonds. The quantitative estimate of drug-likeness (QED) is 0.698. The molecule has 2 unspecified atom stereocenters. The smallest absolute Gasteiger partial charge is 0.141 e. The molecule has 2 rings (SSSR count). The average Bonchev–Trinajstić information content (AvgIpc) is 2.58. The van der Waals surface area contributed by atoms with Crippen LogP contribution in [0.15, 0.2) is 17.5 Å². The first-order chi connectivity index (χ1) is 5.77. The molecule has 1 aliphatic carbocycles. The lowest BCUT2D eigenvalue weighted by Gasteiger charge is -1.94. The third-order valence-electron chi connectivity index (χ3n) is 2.45. The normalized spacial score (nSPS) is 27.1. The van der Waals surface area contributed by atoms with Crippen molar-refractivity contribution in [3.05, 3.63) is 22.4 Å². The summed E-state index contributed by atoms with van der Waals surface area (Å²) in [4.78, 5) is 12.7. The van der Waals surface area contributed by atoms with Crippen molar-refractivity contribution in [2.45, 2.75) is 19.8 Å². The Labute approximate surface area is 76.4 Å². The van der Waals surface area contributed by atoms with Crippen molar-refractivity contribution >= 4 is 17.1 Å². The summed E-state index contributed by atoms with van der Waals surface area (Å²) in [7, 11) is 0. The maximum absolute atomic E-state index is 11.5. The van der Waals surface area contributed by atoms with E-state index in [0.29, 0.717) is 24.0 Å². The van der Waals surface area contributed by atoms with Gasteiger partial charge in [0.05, 0.1) is 0 Å². The van der Waals surface area contributed by atoms with Crippen molar-refractivity contribution in [3.63, 3.8) is 0 Å². The van der Waals surface area contributed by atoms with Gasteiger partial charge in [0, 0.05) is 17.2 Å². The molecule has 0 bridgehead atoms. The SMILES string of the molecule is CC1CC1C(=O)Cc1cccs1. The number of thiophene rings is 1. The molecule has 1 saturated carbocycles. The Bertz CT molecular complexity index is 276. The first-order valence-corrected chi connectivity index (χ1v) is 5.20. The summed E-state index contributed by atoms with van der Waals surface area (Å²) < 4.78 is 0. The van der Waals surface area contributed by atoms with Crippen LogP contribution in [0.5, 0.6) is 0 Å². The Kier molecular flexibility index (Phi) is 2.01. The van der Waals surface area contributed by atoms with E-state index in [9.17, 15) is 4.79 Å². The summed E-state index contributed by atoms with van der Waals surface area (Å²) in [5.74, 6) is 1.47. The summed E-state index contributed by atoms with van der Waals surface area (Å²) in [6.07, 6.45) is 1.77. The van der Waals surface area contributed by atoms with Gasteiger partial charge in [-0.15, -0.1) is 11.3 Å². The maximum Gasteiger partial charge on any atom is 0.141 e. The van der Waals surface area contributed by atoms with E-state index in [2.05, 4.69) is 6.92 Å². The van der Waals surface area contributed by atoms with Crippen molar-refractivity contribution in [1.29, 1.82) is 0 Å². The molecule has 0 aliphatic heterocycles. The van der Waals surface area contributed by atoms with Crippen LogP contribution in [0.2, 0.25) is 0 Å². The summed E-state index contributed by atoms with van der Waals surface area (Å²) in [6.45, 7) is 2.15. The standard InChI is InChI=1S/C10H12OS/c1-7-5-9(7)10(11)6-8-3-2-4-12-8/h2-4,7,9H,5-6H2,1H3. The van der Waals surface area contributed by atoms with Crippen LogP contribution in [0.25, 0.3) is 0 Å². The second kappa shape index (κ2) is 3.02. The predicted molar refractivity (Wildman–Crippen MR) is 50.3 cm³/mol. The molecule has 1 aromatic rings. The Hall–Kier alpha value is -0.630. The zero-order valence-corrected chi connectivity index (χ0v) is 7.93.